The second-order valence-corrected chi connectivity index (χ2v) is 4.33. The minimum absolute atomic E-state index is 0.151. The maximum atomic E-state index is 11.8. The zero-order valence-electron chi connectivity index (χ0n) is 11.0. The molecule has 0 spiro atoms. The van der Waals surface area contributed by atoms with Gasteiger partial charge in [-0.25, -0.2) is 4.68 Å². The Bertz CT molecular complexity index is 520. The zero-order valence-corrected chi connectivity index (χ0v) is 11.0. The summed E-state index contributed by atoms with van der Waals surface area (Å²) in [7, 11) is 1.65. The van der Waals surface area contributed by atoms with Crippen LogP contribution in [-0.2, 0) is 11.3 Å². The van der Waals surface area contributed by atoms with Gasteiger partial charge in [-0.1, -0.05) is 0 Å². The molecule has 0 saturated carbocycles. The SMILES string of the molecule is CN(CCCCCO)C(=O)Cn1[nH]c(=O)ccc1=O. The molecule has 1 rings (SSSR count). The second kappa shape index (κ2) is 7.52. The van der Waals surface area contributed by atoms with Gasteiger partial charge in [-0.15, -0.1) is 0 Å². The Morgan fingerprint density at radius 1 is 1.32 bits per heavy atom. The molecule has 1 amide bonds. The van der Waals surface area contributed by atoms with E-state index in [0.29, 0.717) is 13.0 Å². The van der Waals surface area contributed by atoms with Gasteiger partial charge >= 0.3 is 0 Å². The normalized spacial score (nSPS) is 10.4. The Morgan fingerprint density at radius 3 is 2.74 bits per heavy atom. The Morgan fingerprint density at radius 2 is 2.05 bits per heavy atom. The molecule has 2 N–H and O–H groups in total. The number of hydrogen-bond donors (Lipinski definition) is 2. The molecule has 0 unspecified atom stereocenters. The lowest BCUT2D eigenvalue weighted by atomic mass is 10.2. The van der Waals surface area contributed by atoms with Crippen LogP contribution in [0.25, 0.3) is 0 Å². The summed E-state index contributed by atoms with van der Waals surface area (Å²) in [6.45, 7) is 0.536. The van der Waals surface area contributed by atoms with Gasteiger partial charge in [0.05, 0.1) is 0 Å². The first-order valence-electron chi connectivity index (χ1n) is 6.19. The molecule has 0 aliphatic rings. The number of carbonyl (C=O) groups is 1. The van der Waals surface area contributed by atoms with Crippen LogP contribution >= 0.6 is 0 Å². The average Bonchev–Trinajstić information content (AvgIpc) is 2.38. The van der Waals surface area contributed by atoms with E-state index >= 15 is 0 Å². The fraction of sp³-hybridized carbons (Fsp3) is 0.583. The molecule has 0 aromatic carbocycles. The van der Waals surface area contributed by atoms with Crippen molar-refractivity contribution in [2.75, 3.05) is 20.2 Å². The number of aromatic amines is 1. The number of carbonyl (C=O) groups excluding carboxylic acids is 1. The van der Waals surface area contributed by atoms with Crippen molar-refractivity contribution >= 4 is 5.91 Å². The van der Waals surface area contributed by atoms with Crippen molar-refractivity contribution in [2.45, 2.75) is 25.8 Å². The fourth-order valence-electron chi connectivity index (χ4n) is 1.60. The maximum absolute atomic E-state index is 11.8. The van der Waals surface area contributed by atoms with Crippen molar-refractivity contribution in [3.8, 4) is 0 Å². The number of unbranched alkanes of at least 4 members (excludes halogenated alkanes) is 2. The highest BCUT2D eigenvalue weighted by molar-refractivity contribution is 5.75. The molecule has 0 radical (unpaired) electrons. The van der Waals surface area contributed by atoms with Crippen LogP contribution in [0, 0.1) is 0 Å². The summed E-state index contributed by atoms with van der Waals surface area (Å²) in [4.78, 5) is 35.8. The molecule has 0 aliphatic heterocycles. The van der Waals surface area contributed by atoms with E-state index in [-0.39, 0.29) is 19.1 Å². The second-order valence-electron chi connectivity index (χ2n) is 4.33. The summed E-state index contributed by atoms with van der Waals surface area (Å²) in [5, 5.41) is 10.9. The monoisotopic (exact) mass is 269 g/mol. The maximum Gasteiger partial charge on any atom is 0.265 e. The predicted octanol–water partition coefficient (Wildman–Crippen LogP) is -0.842. The number of nitrogens with zero attached hydrogens (tertiary/aromatic N) is 2. The lowest BCUT2D eigenvalue weighted by Gasteiger charge is -2.17. The number of aliphatic hydroxyl groups excluding tert-OH is 1. The standard InChI is InChI=1S/C12H19N3O4/c1-14(7-3-2-4-8-16)12(19)9-15-11(18)6-5-10(17)13-15/h5-6,16H,2-4,7-9H2,1H3,(H,13,17). The number of aliphatic hydroxyl groups is 1. The fourth-order valence-corrected chi connectivity index (χ4v) is 1.60. The van der Waals surface area contributed by atoms with Crippen LogP contribution in [0.15, 0.2) is 21.7 Å². The first kappa shape index (κ1) is 15.2. The molecule has 0 atom stereocenters. The third-order valence-corrected chi connectivity index (χ3v) is 2.76. The van der Waals surface area contributed by atoms with Crippen molar-refractivity contribution in [3.05, 3.63) is 32.8 Å². The van der Waals surface area contributed by atoms with Crippen molar-refractivity contribution in [1.29, 1.82) is 0 Å². The van der Waals surface area contributed by atoms with Crippen LogP contribution in [0.3, 0.4) is 0 Å². The average molecular weight is 269 g/mol. The number of H-pyrrole nitrogens is 1. The smallest absolute Gasteiger partial charge is 0.265 e. The molecule has 7 nitrogen and oxygen atoms in total. The minimum Gasteiger partial charge on any atom is -0.396 e. The van der Waals surface area contributed by atoms with Gasteiger partial charge in [0.15, 0.2) is 0 Å². The van der Waals surface area contributed by atoms with Gasteiger partial charge < -0.3 is 10.0 Å². The number of hydrogen-bond acceptors (Lipinski definition) is 4. The summed E-state index contributed by atoms with van der Waals surface area (Å²) in [6.07, 6.45) is 2.35. The lowest BCUT2D eigenvalue weighted by molar-refractivity contribution is -0.130. The van der Waals surface area contributed by atoms with Crippen LogP contribution in [0.5, 0.6) is 0 Å². The summed E-state index contributed by atoms with van der Waals surface area (Å²) in [5.74, 6) is -0.243. The molecule has 7 heteroatoms. The minimum atomic E-state index is -0.419. The summed E-state index contributed by atoms with van der Waals surface area (Å²) >= 11 is 0. The van der Waals surface area contributed by atoms with Crippen molar-refractivity contribution in [3.63, 3.8) is 0 Å². The van der Waals surface area contributed by atoms with Crippen LogP contribution in [0.4, 0.5) is 0 Å². The summed E-state index contributed by atoms with van der Waals surface area (Å²) in [5.41, 5.74) is -0.834. The number of likely N-dealkylation sites (N-methyl/N-ethyl adjacent to an activating group) is 1. The van der Waals surface area contributed by atoms with Gasteiger partial charge in [0.25, 0.3) is 11.1 Å². The van der Waals surface area contributed by atoms with E-state index in [4.69, 9.17) is 5.11 Å². The Labute approximate surface area is 110 Å². The van der Waals surface area contributed by atoms with Crippen molar-refractivity contribution < 1.29 is 9.90 Å². The van der Waals surface area contributed by atoms with E-state index in [9.17, 15) is 14.4 Å². The van der Waals surface area contributed by atoms with E-state index in [2.05, 4.69) is 5.10 Å². The highest BCUT2D eigenvalue weighted by Crippen LogP contribution is 1.97. The summed E-state index contributed by atoms with van der Waals surface area (Å²) < 4.78 is 0.995. The van der Waals surface area contributed by atoms with Gasteiger partial charge in [-0.05, 0) is 19.3 Å². The molecule has 1 heterocycles. The van der Waals surface area contributed by atoms with Crippen molar-refractivity contribution in [1.82, 2.24) is 14.7 Å². The molecule has 0 aliphatic carbocycles. The van der Waals surface area contributed by atoms with E-state index in [1.807, 2.05) is 0 Å². The third-order valence-electron chi connectivity index (χ3n) is 2.76. The topological polar surface area (TPSA) is 95.4 Å². The van der Waals surface area contributed by atoms with E-state index in [1.165, 1.54) is 4.90 Å². The van der Waals surface area contributed by atoms with Gasteiger partial charge in [0, 0.05) is 32.3 Å². The van der Waals surface area contributed by atoms with Gasteiger partial charge in [-0.3, -0.25) is 19.5 Å². The van der Waals surface area contributed by atoms with Gasteiger partial charge in [0.1, 0.15) is 6.54 Å². The number of rotatable bonds is 7. The molecule has 0 fully saturated rings. The lowest BCUT2D eigenvalue weighted by Crippen LogP contribution is -2.37. The largest absolute Gasteiger partial charge is 0.396 e. The zero-order chi connectivity index (χ0) is 14.3. The Hall–Kier alpha value is -1.89. The first-order chi connectivity index (χ1) is 9.04. The van der Waals surface area contributed by atoms with Crippen LogP contribution in [0.1, 0.15) is 19.3 Å². The quantitative estimate of drug-likeness (QED) is 0.631. The Kier molecular flexibility index (Phi) is 6.01. The number of aromatic nitrogens is 2. The molecule has 0 bridgehead atoms. The highest BCUT2D eigenvalue weighted by Gasteiger charge is 2.10. The molecule has 1 aromatic heterocycles. The van der Waals surface area contributed by atoms with Gasteiger partial charge in [-0.2, -0.15) is 0 Å². The molecule has 0 saturated heterocycles. The summed E-state index contributed by atoms with van der Waals surface area (Å²) in [6, 6.07) is 2.26. The van der Waals surface area contributed by atoms with E-state index in [1.54, 1.807) is 7.05 Å². The molecular formula is C12H19N3O4. The van der Waals surface area contributed by atoms with Crippen molar-refractivity contribution in [2.24, 2.45) is 0 Å². The number of nitrogens with one attached hydrogen (secondary N) is 1. The van der Waals surface area contributed by atoms with Crippen LogP contribution < -0.4 is 11.1 Å². The van der Waals surface area contributed by atoms with E-state index < -0.39 is 11.1 Å². The van der Waals surface area contributed by atoms with Crippen LogP contribution in [0.2, 0.25) is 0 Å². The molecule has 106 valence electrons. The molecule has 1 aromatic rings. The predicted molar refractivity (Wildman–Crippen MR) is 69.9 cm³/mol. The first-order valence-corrected chi connectivity index (χ1v) is 6.19. The number of amides is 1. The third kappa shape index (κ3) is 5.09. The van der Waals surface area contributed by atoms with Crippen LogP contribution in [-0.4, -0.2) is 45.9 Å². The molecular weight excluding hydrogens is 250 g/mol. The van der Waals surface area contributed by atoms with E-state index in [0.717, 1.165) is 29.7 Å². The highest BCUT2D eigenvalue weighted by atomic mass is 16.3. The Balaban J connectivity index is 2.52. The van der Waals surface area contributed by atoms with Gasteiger partial charge in [0.2, 0.25) is 5.91 Å². The molecule has 19 heavy (non-hydrogen) atoms.